The summed E-state index contributed by atoms with van der Waals surface area (Å²) in [6, 6.07) is 14.9. The molecule has 0 aromatic heterocycles. The minimum atomic E-state index is -0.473. The van der Waals surface area contributed by atoms with Crippen molar-refractivity contribution in [2.75, 3.05) is 5.73 Å². The van der Waals surface area contributed by atoms with E-state index in [2.05, 4.69) is 70.6 Å². The van der Waals surface area contributed by atoms with Crippen LogP contribution in [0.2, 0.25) is 11.6 Å². The summed E-state index contributed by atoms with van der Waals surface area (Å²) in [5.41, 5.74) is 8.43. The summed E-state index contributed by atoms with van der Waals surface area (Å²) >= 11 is 3.60. The van der Waals surface area contributed by atoms with Crippen LogP contribution in [0.15, 0.2) is 52.3 Å². The van der Waals surface area contributed by atoms with E-state index < -0.39 is 13.9 Å². The number of halogens is 1. The molecule has 2 N–H and O–H groups in total. The number of nitrogens with two attached hydrogens (primary N) is 1. The second-order valence-corrected chi connectivity index (χ2v) is 11.6. The zero-order chi connectivity index (χ0) is 13.8. The van der Waals surface area contributed by atoms with Crippen molar-refractivity contribution in [2.45, 2.75) is 26.8 Å². The summed E-state index contributed by atoms with van der Waals surface area (Å²) in [6.45, 7) is 0. The first kappa shape index (κ1) is 15.2. The predicted octanol–water partition coefficient (Wildman–Crippen LogP) is 4.86. The number of nitrogen functional groups attached to an aromatic ring is 1. The van der Waals surface area contributed by atoms with Gasteiger partial charge in [0.2, 0.25) is 0 Å². The molecule has 2 rings (SSSR count). The van der Waals surface area contributed by atoms with Crippen LogP contribution in [-0.2, 0) is 5.32 Å². The molecule has 0 radical (unpaired) electrons. The summed E-state index contributed by atoms with van der Waals surface area (Å²) in [5, 5.41) is 1.23. The number of hydrogen-bond donors (Lipinski definition) is 1. The Morgan fingerprint density at radius 3 is 2.53 bits per heavy atom. The van der Waals surface area contributed by atoms with Crippen LogP contribution in [0.3, 0.4) is 0 Å². The van der Waals surface area contributed by atoms with Crippen LogP contribution in [-0.4, -0.2) is 13.9 Å². The zero-order valence-corrected chi connectivity index (χ0v) is 15.7. The molecular weight excluding hydrogens is 432 g/mol. The Kier molecular flexibility index (Phi) is 5.63. The van der Waals surface area contributed by atoms with Crippen molar-refractivity contribution in [1.82, 2.24) is 0 Å². The molecule has 0 unspecified atom stereocenters. The Hall–Kier alpha value is -0.161. The fourth-order valence-corrected chi connectivity index (χ4v) is 5.29. The van der Waals surface area contributed by atoms with Crippen LogP contribution in [0.4, 0.5) is 5.69 Å². The Labute approximate surface area is 137 Å². The van der Waals surface area contributed by atoms with Crippen molar-refractivity contribution < 1.29 is 0 Å². The molecule has 0 aliphatic heterocycles. The van der Waals surface area contributed by atoms with Crippen LogP contribution < -0.4 is 5.73 Å². The molecule has 0 bridgehead atoms. The van der Waals surface area contributed by atoms with E-state index in [1.807, 2.05) is 6.07 Å². The fourth-order valence-electron chi connectivity index (χ4n) is 1.76. The average molecular weight is 449 g/mol. The van der Waals surface area contributed by atoms with Gasteiger partial charge in [0, 0.05) is 0 Å². The van der Waals surface area contributed by atoms with Gasteiger partial charge in [0.15, 0.2) is 0 Å². The molecule has 0 aliphatic rings. The van der Waals surface area contributed by atoms with Gasteiger partial charge in [-0.25, -0.2) is 0 Å². The summed E-state index contributed by atoms with van der Waals surface area (Å²) in [5.74, 6) is 4.75. The minimum absolute atomic E-state index is 0.473. The molecule has 2 aromatic rings. The molecular formula is C15H17INSSe+. The van der Waals surface area contributed by atoms with E-state index in [0.717, 1.165) is 10.6 Å². The Bertz CT molecular complexity index is 572. The first-order valence-electron chi connectivity index (χ1n) is 5.91. The Balaban J connectivity index is 2.27. The van der Waals surface area contributed by atoms with Crippen molar-refractivity contribution in [3.63, 3.8) is 0 Å². The third-order valence-electron chi connectivity index (χ3n) is 2.61. The first-order chi connectivity index (χ1) is 9.06. The summed E-state index contributed by atoms with van der Waals surface area (Å²) in [4.78, 5) is 2.49. The standard InChI is InChI=1S/C15H17INSSe/c1-19(2)10-11-5-3-4-6-14(11)18-15-8-7-12(16)9-13(15)17/h3-9H,10,17H2,1-2H3/q+1. The second kappa shape index (κ2) is 7.02. The van der Waals surface area contributed by atoms with Gasteiger partial charge in [0.05, 0.1) is 0 Å². The molecule has 0 atom stereocenters. The third kappa shape index (κ3) is 4.42. The maximum atomic E-state index is 6.10. The van der Waals surface area contributed by atoms with Gasteiger partial charge in [0.25, 0.3) is 0 Å². The molecule has 0 aliphatic carbocycles. The summed E-state index contributed by atoms with van der Waals surface area (Å²) in [7, 11) is 0. The van der Waals surface area contributed by atoms with E-state index in [0.29, 0.717) is 0 Å². The average Bonchev–Trinajstić information content (AvgIpc) is 2.34. The second-order valence-electron chi connectivity index (χ2n) is 4.52. The van der Waals surface area contributed by atoms with E-state index in [4.69, 9.17) is 5.73 Å². The molecule has 2 aromatic carbocycles. The van der Waals surface area contributed by atoms with Gasteiger partial charge in [-0.15, -0.1) is 0 Å². The van der Waals surface area contributed by atoms with E-state index >= 15 is 0 Å². The van der Waals surface area contributed by atoms with Crippen LogP contribution in [0, 0.1) is 3.57 Å². The molecule has 0 heterocycles. The number of benzene rings is 2. The SMILES string of the molecule is C[Se+](C)Cc1ccccc1Sc1ccc(I)cc1N. The van der Waals surface area contributed by atoms with Crippen LogP contribution in [0.1, 0.15) is 5.56 Å². The maximum absolute atomic E-state index is 6.10. The quantitative estimate of drug-likeness (QED) is 0.410. The zero-order valence-electron chi connectivity index (χ0n) is 11.0. The van der Waals surface area contributed by atoms with Crippen molar-refractivity contribution in [1.29, 1.82) is 0 Å². The number of anilines is 1. The first-order valence-corrected chi connectivity index (χ1v) is 12.4. The van der Waals surface area contributed by atoms with Crippen molar-refractivity contribution >= 4 is 53.9 Å². The molecule has 19 heavy (non-hydrogen) atoms. The molecule has 100 valence electrons. The van der Waals surface area contributed by atoms with Gasteiger partial charge < -0.3 is 0 Å². The van der Waals surface area contributed by atoms with Gasteiger partial charge in [-0.2, -0.15) is 0 Å². The molecule has 0 saturated carbocycles. The van der Waals surface area contributed by atoms with E-state index in [1.165, 1.54) is 19.3 Å². The summed E-state index contributed by atoms with van der Waals surface area (Å²) < 4.78 is 1.18. The summed E-state index contributed by atoms with van der Waals surface area (Å²) in [6.07, 6.45) is 0. The Morgan fingerprint density at radius 2 is 1.84 bits per heavy atom. The van der Waals surface area contributed by atoms with Crippen molar-refractivity contribution in [3.8, 4) is 0 Å². The molecule has 0 amide bonds. The third-order valence-corrected chi connectivity index (χ3v) is 6.35. The van der Waals surface area contributed by atoms with E-state index in [9.17, 15) is 0 Å². The van der Waals surface area contributed by atoms with Crippen LogP contribution in [0.25, 0.3) is 0 Å². The van der Waals surface area contributed by atoms with Crippen LogP contribution in [0.5, 0.6) is 0 Å². The molecule has 1 nitrogen and oxygen atoms in total. The number of hydrogen-bond acceptors (Lipinski definition) is 2. The number of rotatable bonds is 4. The van der Waals surface area contributed by atoms with Gasteiger partial charge in [-0.3, -0.25) is 0 Å². The van der Waals surface area contributed by atoms with E-state index in [-0.39, 0.29) is 0 Å². The topological polar surface area (TPSA) is 26.0 Å². The van der Waals surface area contributed by atoms with Gasteiger partial charge in [-0.05, 0) is 0 Å². The molecule has 0 spiro atoms. The van der Waals surface area contributed by atoms with Gasteiger partial charge >= 0.3 is 138 Å². The molecule has 4 heteroatoms. The van der Waals surface area contributed by atoms with Crippen molar-refractivity contribution in [2.24, 2.45) is 0 Å². The van der Waals surface area contributed by atoms with E-state index in [1.54, 1.807) is 11.8 Å². The normalized spacial score (nSPS) is 10.9. The van der Waals surface area contributed by atoms with Crippen molar-refractivity contribution in [3.05, 3.63) is 51.6 Å². The van der Waals surface area contributed by atoms with Gasteiger partial charge in [-0.1, -0.05) is 0 Å². The predicted molar refractivity (Wildman–Crippen MR) is 95.3 cm³/mol. The fraction of sp³-hybridized carbons (Fsp3) is 0.200. The molecule has 0 fully saturated rings. The van der Waals surface area contributed by atoms with Crippen LogP contribution >= 0.6 is 34.4 Å². The Morgan fingerprint density at radius 1 is 1.11 bits per heavy atom. The molecule has 0 saturated heterocycles. The monoisotopic (exact) mass is 450 g/mol. The van der Waals surface area contributed by atoms with Gasteiger partial charge in [0.1, 0.15) is 0 Å².